The molecule has 0 amide bonds. The van der Waals surface area contributed by atoms with E-state index in [2.05, 4.69) is 30.8 Å². The van der Waals surface area contributed by atoms with Crippen LogP contribution in [0.3, 0.4) is 0 Å². The van der Waals surface area contributed by atoms with Crippen LogP contribution >= 0.6 is 0 Å². The van der Waals surface area contributed by atoms with Gasteiger partial charge < -0.3 is 10.1 Å². The molecule has 1 aromatic rings. The average molecular weight is 281 g/mol. The van der Waals surface area contributed by atoms with Crippen LogP contribution in [0, 0.1) is 0 Å². The number of methoxy groups -OCH3 is 1. The Labute approximate surface area is 123 Å². The van der Waals surface area contributed by atoms with Crippen LogP contribution in [0.5, 0.6) is 0 Å². The first-order valence-electron chi connectivity index (χ1n) is 8.05. The second kappa shape index (κ2) is 9.94. The number of hydrogen-bond donors (Lipinski definition) is 1. The number of nitrogens with one attached hydrogen (secondary N) is 1. The zero-order valence-electron chi connectivity index (χ0n) is 13.7. The standard InChI is InChI=1S/C16H31N3O/c1-5-10-17-13-14-15(6-2)18-19(16(14)7-3)11-8-9-12-20-4/h17H,5-13H2,1-4H3. The molecule has 1 heterocycles. The Balaban J connectivity index is 2.73. The zero-order chi connectivity index (χ0) is 14.8. The van der Waals surface area contributed by atoms with Crippen molar-refractivity contribution in [2.75, 3.05) is 20.3 Å². The first-order chi connectivity index (χ1) is 9.78. The number of aryl methyl sites for hydroxylation is 2. The second-order valence-electron chi connectivity index (χ2n) is 5.18. The first kappa shape index (κ1) is 17.2. The average Bonchev–Trinajstić information content (AvgIpc) is 2.81. The lowest BCUT2D eigenvalue weighted by Gasteiger charge is -2.08. The van der Waals surface area contributed by atoms with E-state index < -0.39 is 0 Å². The van der Waals surface area contributed by atoms with Crippen molar-refractivity contribution >= 4 is 0 Å². The molecular weight excluding hydrogens is 250 g/mol. The first-order valence-corrected chi connectivity index (χ1v) is 8.05. The van der Waals surface area contributed by atoms with E-state index in [1.807, 2.05) is 0 Å². The van der Waals surface area contributed by atoms with Gasteiger partial charge in [-0.1, -0.05) is 20.8 Å². The van der Waals surface area contributed by atoms with Gasteiger partial charge in [-0.15, -0.1) is 0 Å². The molecule has 0 aliphatic heterocycles. The molecule has 4 nitrogen and oxygen atoms in total. The molecule has 1 aromatic heterocycles. The highest BCUT2D eigenvalue weighted by atomic mass is 16.5. The Morgan fingerprint density at radius 1 is 1.15 bits per heavy atom. The van der Waals surface area contributed by atoms with Gasteiger partial charge in [-0.25, -0.2) is 0 Å². The van der Waals surface area contributed by atoms with Crippen molar-refractivity contribution in [2.45, 2.75) is 66.0 Å². The highest BCUT2D eigenvalue weighted by molar-refractivity contribution is 5.26. The van der Waals surface area contributed by atoms with E-state index >= 15 is 0 Å². The summed E-state index contributed by atoms with van der Waals surface area (Å²) < 4.78 is 7.33. The SMILES string of the molecule is CCCNCc1c(CC)nn(CCCCOC)c1CC. The van der Waals surface area contributed by atoms with Crippen LogP contribution in [0.4, 0.5) is 0 Å². The van der Waals surface area contributed by atoms with Crippen molar-refractivity contribution in [1.82, 2.24) is 15.1 Å². The molecule has 1 N–H and O–H groups in total. The second-order valence-corrected chi connectivity index (χ2v) is 5.18. The summed E-state index contributed by atoms with van der Waals surface area (Å²) in [4.78, 5) is 0. The van der Waals surface area contributed by atoms with Gasteiger partial charge in [-0.3, -0.25) is 4.68 Å². The molecule has 0 fully saturated rings. The largest absolute Gasteiger partial charge is 0.385 e. The van der Waals surface area contributed by atoms with Crippen molar-refractivity contribution < 1.29 is 4.74 Å². The van der Waals surface area contributed by atoms with Gasteiger partial charge in [-0.05, 0) is 38.6 Å². The lowest BCUT2D eigenvalue weighted by atomic mass is 10.1. The predicted octanol–water partition coefficient (Wildman–Crippen LogP) is 2.93. The normalized spacial score (nSPS) is 11.2. The maximum atomic E-state index is 5.11. The van der Waals surface area contributed by atoms with E-state index in [0.717, 1.165) is 51.9 Å². The molecule has 0 saturated carbocycles. The van der Waals surface area contributed by atoms with Gasteiger partial charge in [0.2, 0.25) is 0 Å². The van der Waals surface area contributed by atoms with Gasteiger partial charge in [0.25, 0.3) is 0 Å². The van der Waals surface area contributed by atoms with E-state index in [-0.39, 0.29) is 0 Å². The van der Waals surface area contributed by atoms with Gasteiger partial charge in [-0.2, -0.15) is 5.10 Å². The van der Waals surface area contributed by atoms with Crippen LogP contribution in [0.2, 0.25) is 0 Å². The maximum absolute atomic E-state index is 5.11. The summed E-state index contributed by atoms with van der Waals surface area (Å²) in [6.07, 6.45) is 5.48. The molecule has 1 rings (SSSR count). The molecular formula is C16H31N3O. The highest BCUT2D eigenvalue weighted by Gasteiger charge is 2.14. The summed E-state index contributed by atoms with van der Waals surface area (Å²) in [6.45, 7) is 10.5. The van der Waals surface area contributed by atoms with E-state index in [1.54, 1.807) is 7.11 Å². The van der Waals surface area contributed by atoms with Gasteiger partial charge in [0.15, 0.2) is 0 Å². The molecule has 20 heavy (non-hydrogen) atoms. The quantitative estimate of drug-likeness (QED) is 0.634. The topological polar surface area (TPSA) is 39.1 Å². The third-order valence-electron chi connectivity index (χ3n) is 3.62. The summed E-state index contributed by atoms with van der Waals surface area (Å²) in [5, 5.41) is 8.33. The molecule has 0 aromatic carbocycles. The summed E-state index contributed by atoms with van der Waals surface area (Å²) in [5.41, 5.74) is 4.09. The number of ether oxygens (including phenoxy) is 1. The van der Waals surface area contributed by atoms with Gasteiger partial charge in [0.1, 0.15) is 0 Å². The van der Waals surface area contributed by atoms with E-state index in [1.165, 1.54) is 23.4 Å². The lowest BCUT2D eigenvalue weighted by Crippen LogP contribution is -2.16. The van der Waals surface area contributed by atoms with Crippen LogP contribution in [-0.4, -0.2) is 30.0 Å². The van der Waals surface area contributed by atoms with Gasteiger partial charge in [0.05, 0.1) is 5.69 Å². The predicted molar refractivity (Wildman–Crippen MR) is 84.1 cm³/mol. The number of hydrogen-bond acceptors (Lipinski definition) is 3. The Hall–Kier alpha value is -0.870. The Kier molecular flexibility index (Phi) is 8.54. The van der Waals surface area contributed by atoms with E-state index in [0.29, 0.717) is 0 Å². The molecule has 0 spiro atoms. The summed E-state index contributed by atoms with van der Waals surface area (Å²) >= 11 is 0. The summed E-state index contributed by atoms with van der Waals surface area (Å²) in [6, 6.07) is 0. The Morgan fingerprint density at radius 3 is 2.55 bits per heavy atom. The molecule has 0 aliphatic carbocycles. The number of aromatic nitrogens is 2. The number of unbranched alkanes of at least 4 members (excludes halogenated alkanes) is 1. The number of rotatable bonds is 11. The van der Waals surface area contributed by atoms with Crippen molar-refractivity contribution in [1.29, 1.82) is 0 Å². The maximum Gasteiger partial charge on any atom is 0.0669 e. The smallest absolute Gasteiger partial charge is 0.0669 e. The summed E-state index contributed by atoms with van der Waals surface area (Å²) in [5.74, 6) is 0. The molecule has 0 saturated heterocycles. The van der Waals surface area contributed by atoms with Crippen molar-refractivity contribution in [3.63, 3.8) is 0 Å². The molecule has 116 valence electrons. The van der Waals surface area contributed by atoms with Crippen LogP contribution in [-0.2, 0) is 30.7 Å². The fourth-order valence-corrected chi connectivity index (χ4v) is 2.56. The van der Waals surface area contributed by atoms with Crippen LogP contribution in [0.25, 0.3) is 0 Å². The number of nitrogens with zero attached hydrogens (tertiary/aromatic N) is 2. The minimum atomic E-state index is 0.842. The van der Waals surface area contributed by atoms with Crippen molar-refractivity contribution in [2.24, 2.45) is 0 Å². The van der Waals surface area contributed by atoms with Crippen LogP contribution in [0.1, 0.15) is 57.0 Å². The molecule has 0 atom stereocenters. The Bertz CT molecular complexity index is 374. The van der Waals surface area contributed by atoms with E-state index in [4.69, 9.17) is 9.84 Å². The molecule has 0 radical (unpaired) electrons. The van der Waals surface area contributed by atoms with Gasteiger partial charge >= 0.3 is 0 Å². The minimum absolute atomic E-state index is 0.842. The van der Waals surface area contributed by atoms with Crippen molar-refractivity contribution in [3.8, 4) is 0 Å². The monoisotopic (exact) mass is 281 g/mol. The van der Waals surface area contributed by atoms with Crippen molar-refractivity contribution in [3.05, 3.63) is 17.0 Å². The molecule has 0 unspecified atom stereocenters. The van der Waals surface area contributed by atoms with E-state index in [9.17, 15) is 0 Å². The minimum Gasteiger partial charge on any atom is -0.385 e. The van der Waals surface area contributed by atoms with Gasteiger partial charge in [0, 0.05) is 38.1 Å². The fraction of sp³-hybridized carbons (Fsp3) is 0.812. The highest BCUT2D eigenvalue weighted by Crippen LogP contribution is 2.17. The third-order valence-corrected chi connectivity index (χ3v) is 3.62. The Morgan fingerprint density at radius 2 is 1.95 bits per heavy atom. The molecule has 4 heteroatoms. The lowest BCUT2D eigenvalue weighted by molar-refractivity contribution is 0.191. The molecule has 0 aliphatic rings. The van der Waals surface area contributed by atoms with Crippen LogP contribution < -0.4 is 5.32 Å². The van der Waals surface area contributed by atoms with Crippen LogP contribution in [0.15, 0.2) is 0 Å². The fourth-order valence-electron chi connectivity index (χ4n) is 2.56. The summed E-state index contributed by atoms with van der Waals surface area (Å²) in [7, 11) is 1.76. The molecule has 0 bridgehead atoms. The third kappa shape index (κ3) is 4.91. The zero-order valence-corrected chi connectivity index (χ0v) is 13.7.